The Labute approximate surface area is 121 Å². The molecule has 0 radical (unpaired) electrons. The lowest BCUT2D eigenvalue weighted by Gasteiger charge is -2.17. The highest BCUT2D eigenvalue weighted by molar-refractivity contribution is 7.90. The summed E-state index contributed by atoms with van der Waals surface area (Å²) in [4.78, 5) is 22.5. The van der Waals surface area contributed by atoms with E-state index >= 15 is 0 Å². The van der Waals surface area contributed by atoms with Crippen molar-refractivity contribution in [3.63, 3.8) is 0 Å². The Balaban J connectivity index is 2.73. The summed E-state index contributed by atoms with van der Waals surface area (Å²) >= 11 is 0. The number of urea groups is 1. The van der Waals surface area contributed by atoms with Crippen LogP contribution in [0, 0.1) is 0 Å². The first-order chi connectivity index (χ1) is 9.61. The number of aliphatic hydroxyl groups excluding tert-OH is 1. The van der Waals surface area contributed by atoms with Gasteiger partial charge in [0.2, 0.25) is 0 Å². The number of sulfone groups is 1. The molecule has 0 aliphatic carbocycles. The molecule has 9 heteroatoms. The zero-order valence-corrected chi connectivity index (χ0v) is 12.2. The van der Waals surface area contributed by atoms with E-state index in [2.05, 4.69) is 10.6 Å². The van der Waals surface area contributed by atoms with E-state index in [0.29, 0.717) is 0 Å². The van der Waals surface area contributed by atoms with Crippen molar-refractivity contribution in [2.75, 3.05) is 11.6 Å². The lowest BCUT2D eigenvalue weighted by molar-refractivity contribution is -0.141. The van der Waals surface area contributed by atoms with Crippen molar-refractivity contribution in [3.05, 3.63) is 24.3 Å². The largest absolute Gasteiger partial charge is 0.480 e. The number of carbonyl (C=O) groups is 2. The number of carboxylic acids is 1. The van der Waals surface area contributed by atoms with Crippen molar-refractivity contribution in [1.82, 2.24) is 5.32 Å². The van der Waals surface area contributed by atoms with Crippen molar-refractivity contribution >= 4 is 27.5 Å². The predicted molar refractivity (Wildman–Crippen MR) is 74.8 cm³/mol. The number of amides is 2. The van der Waals surface area contributed by atoms with Gasteiger partial charge in [-0.05, 0) is 31.2 Å². The molecular formula is C12H16N2O6S. The number of benzene rings is 1. The minimum absolute atomic E-state index is 0.0980. The van der Waals surface area contributed by atoms with Crippen LogP contribution in [0.1, 0.15) is 6.92 Å². The Morgan fingerprint density at radius 2 is 1.71 bits per heavy atom. The van der Waals surface area contributed by atoms with Crippen LogP contribution < -0.4 is 10.6 Å². The first kappa shape index (κ1) is 16.9. The first-order valence-corrected chi connectivity index (χ1v) is 7.79. The second kappa shape index (κ2) is 6.55. The third-order valence-corrected chi connectivity index (χ3v) is 3.70. The van der Waals surface area contributed by atoms with Gasteiger partial charge < -0.3 is 20.8 Å². The molecule has 0 aliphatic rings. The predicted octanol–water partition coefficient (Wildman–Crippen LogP) is 0.0456. The van der Waals surface area contributed by atoms with E-state index in [1.165, 1.54) is 31.2 Å². The molecular weight excluding hydrogens is 300 g/mol. The normalized spacial score (nSPS) is 14.0. The molecule has 0 spiro atoms. The molecule has 2 atom stereocenters. The van der Waals surface area contributed by atoms with Crippen molar-refractivity contribution in [1.29, 1.82) is 0 Å². The van der Waals surface area contributed by atoms with E-state index < -0.39 is 34.0 Å². The van der Waals surface area contributed by atoms with Crippen LogP contribution in [0.25, 0.3) is 0 Å². The second-order valence-electron chi connectivity index (χ2n) is 4.45. The Bertz CT molecular complexity index is 624. The van der Waals surface area contributed by atoms with Crippen molar-refractivity contribution < 1.29 is 28.2 Å². The highest BCUT2D eigenvalue weighted by Crippen LogP contribution is 2.13. The van der Waals surface area contributed by atoms with Crippen LogP contribution in [-0.4, -0.2) is 49.0 Å². The van der Waals surface area contributed by atoms with Gasteiger partial charge in [0.1, 0.15) is 0 Å². The molecule has 0 saturated heterocycles. The van der Waals surface area contributed by atoms with Gasteiger partial charge >= 0.3 is 12.0 Å². The average molecular weight is 316 g/mol. The lowest BCUT2D eigenvalue weighted by Crippen LogP contribution is -2.49. The van der Waals surface area contributed by atoms with Crippen LogP contribution in [0.2, 0.25) is 0 Å². The summed E-state index contributed by atoms with van der Waals surface area (Å²) in [7, 11) is -3.33. The summed E-state index contributed by atoms with van der Waals surface area (Å²) in [5.41, 5.74) is 0.287. The van der Waals surface area contributed by atoms with E-state index in [1.807, 2.05) is 0 Å². The standard InChI is InChI=1S/C12H16N2O6S/c1-7(15)10(11(16)17)14-12(18)13-8-3-5-9(6-4-8)21(2,19)20/h3-7,10,15H,1-2H3,(H,16,17)(H2,13,14,18)/t7-,10+/m1/s1. The Hall–Kier alpha value is -2.13. The summed E-state index contributed by atoms with van der Waals surface area (Å²) < 4.78 is 22.5. The van der Waals surface area contributed by atoms with E-state index in [0.717, 1.165) is 6.26 Å². The maximum atomic E-state index is 11.6. The molecule has 1 rings (SSSR count). The van der Waals surface area contributed by atoms with Crippen molar-refractivity contribution in [3.8, 4) is 0 Å². The van der Waals surface area contributed by atoms with Gasteiger partial charge in [-0.15, -0.1) is 0 Å². The van der Waals surface area contributed by atoms with Crippen molar-refractivity contribution in [2.24, 2.45) is 0 Å². The molecule has 1 aromatic rings. The van der Waals surface area contributed by atoms with E-state index in [-0.39, 0.29) is 10.6 Å². The zero-order chi connectivity index (χ0) is 16.2. The molecule has 0 unspecified atom stereocenters. The number of rotatable bonds is 5. The molecule has 0 fully saturated rings. The number of carboxylic acid groups (broad SMARTS) is 1. The number of aliphatic hydroxyl groups is 1. The van der Waals surface area contributed by atoms with Crippen LogP contribution in [0.3, 0.4) is 0 Å². The molecule has 0 heterocycles. The van der Waals surface area contributed by atoms with Gasteiger partial charge in [-0.25, -0.2) is 18.0 Å². The Kier molecular flexibility index (Phi) is 5.28. The van der Waals surface area contributed by atoms with Gasteiger partial charge in [0.15, 0.2) is 15.9 Å². The smallest absolute Gasteiger partial charge is 0.328 e. The summed E-state index contributed by atoms with van der Waals surface area (Å²) in [6.45, 7) is 1.24. The topological polar surface area (TPSA) is 133 Å². The quantitative estimate of drug-likeness (QED) is 0.606. The molecule has 0 saturated carbocycles. The van der Waals surface area contributed by atoms with Crippen LogP contribution >= 0.6 is 0 Å². The third-order valence-electron chi connectivity index (χ3n) is 2.58. The van der Waals surface area contributed by atoms with Crippen LogP contribution in [0.5, 0.6) is 0 Å². The Morgan fingerprint density at radius 3 is 2.10 bits per heavy atom. The molecule has 21 heavy (non-hydrogen) atoms. The molecule has 4 N–H and O–H groups in total. The second-order valence-corrected chi connectivity index (χ2v) is 6.47. The SMILES string of the molecule is C[C@@H](O)[C@H](NC(=O)Nc1ccc(S(C)(=O)=O)cc1)C(=O)O. The fourth-order valence-corrected chi connectivity index (χ4v) is 2.11. The number of carbonyl (C=O) groups excluding carboxylic acids is 1. The number of hydrogen-bond donors (Lipinski definition) is 4. The number of aliphatic carboxylic acids is 1. The number of anilines is 1. The Morgan fingerprint density at radius 1 is 1.19 bits per heavy atom. The summed E-state index contributed by atoms with van der Waals surface area (Å²) in [5, 5.41) is 22.5. The third kappa shape index (κ3) is 5.04. The van der Waals surface area contributed by atoms with Gasteiger partial charge in [-0.2, -0.15) is 0 Å². The molecule has 116 valence electrons. The van der Waals surface area contributed by atoms with Crippen LogP contribution in [0.15, 0.2) is 29.2 Å². The highest BCUT2D eigenvalue weighted by Gasteiger charge is 2.24. The maximum Gasteiger partial charge on any atom is 0.328 e. The van der Waals surface area contributed by atoms with E-state index in [9.17, 15) is 23.1 Å². The average Bonchev–Trinajstić information content (AvgIpc) is 2.34. The molecule has 8 nitrogen and oxygen atoms in total. The molecule has 2 amide bonds. The zero-order valence-electron chi connectivity index (χ0n) is 11.4. The molecule has 0 bridgehead atoms. The number of hydrogen-bond acceptors (Lipinski definition) is 5. The minimum atomic E-state index is -3.33. The fourth-order valence-electron chi connectivity index (χ4n) is 1.48. The van der Waals surface area contributed by atoms with Crippen LogP contribution in [-0.2, 0) is 14.6 Å². The first-order valence-electron chi connectivity index (χ1n) is 5.90. The van der Waals surface area contributed by atoms with Gasteiger partial charge in [0.25, 0.3) is 0 Å². The van der Waals surface area contributed by atoms with Gasteiger partial charge in [0.05, 0.1) is 11.0 Å². The van der Waals surface area contributed by atoms with Crippen molar-refractivity contribution in [2.45, 2.75) is 24.0 Å². The number of nitrogens with one attached hydrogen (secondary N) is 2. The maximum absolute atomic E-state index is 11.6. The van der Waals surface area contributed by atoms with Gasteiger partial charge in [-0.3, -0.25) is 0 Å². The van der Waals surface area contributed by atoms with Gasteiger partial charge in [-0.1, -0.05) is 0 Å². The molecule has 0 aromatic heterocycles. The highest BCUT2D eigenvalue weighted by atomic mass is 32.2. The monoisotopic (exact) mass is 316 g/mol. The molecule has 0 aliphatic heterocycles. The summed E-state index contributed by atoms with van der Waals surface area (Å²) in [6.07, 6.45) is -0.205. The van der Waals surface area contributed by atoms with Crippen LogP contribution in [0.4, 0.5) is 10.5 Å². The van der Waals surface area contributed by atoms with E-state index in [1.54, 1.807) is 0 Å². The fraction of sp³-hybridized carbons (Fsp3) is 0.333. The summed E-state index contributed by atoms with van der Waals surface area (Å²) in [5.74, 6) is -1.37. The lowest BCUT2D eigenvalue weighted by atomic mass is 10.2. The minimum Gasteiger partial charge on any atom is -0.480 e. The molecule has 1 aromatic carbocycles. The van der Waals surface area contributed by atoms with Gasteiger partial charge in [0, 0.05) is 11.9 Å². The summed E-state index contributed by atoms with van der Waals surface area (Å²) in [6, 6.07) is 3.10. The van der Waals surface area contributed by atoms with E-state index in [4.69, 9.17) is 5.11 Å².